The molecule has 2 aromatic rings. The number of benzene rings is 2. The van der Waals surface area contributed by atoms with Crippen molar-refractivity contribution in [1.29, 1.82) is 0 Å². The first-order valence-corrected chi connectivity index (χ1v) is 7.78. The first-order valence-electron chi connectivity index (χ1n) is 7.78. The van der Waals surface area contributed by atoms with Crippen LogP contribution >= 0.6 is 0 Å². The maximum atomic E-state index is 13.5. The van der Waals surface area contributed by atoms with Gasteiger partial charge in [-0.05, 0) is 49.6 Å². The van der Waals surface area contributed by atoms with Crippen LogP contribution in [-0.4, -0.2) is 18.6 Å². The maximum Gasteiger partial charge on any atom is 0.251 e. The molecule has 2 rings (SSSR count). The fourth-order valence-corrected chi connectivity index (χ4v) is 2.13. The molecule has 122 valence electrons. The molecule has 0 radical (unpaired) electrons. The molecule has 3 nitrogen and oxygen atoms in total. The van der Waals surface area contributed by atoms with Gasteiger partial charge in [-0.25, -0.2) is 4.39 Å². The second kappa shape index (κ2) is 8.44. The highest BCUT2D eigenvalue weighted by Crippen LogP contribution is 2.08. The fourth-order valence-electron chi connectivity index (χ4n) is 2.13. The summed E-state index contributed by atoms with van der Waals surface area (Å²) in [7, 11) is 0. The van der Waals surface area contributed by atoms with Crippen molar-refractivity contribution in [3.63, 3.8) is 0 Å². The predicted octanol–water partition coefficient (Wildman–Crippen LogP) is 3.72. The third-order valence-electron chi connectivity index (χ3n) is 3.44. The summed E-state index contributed by atoms with van der Waals surface area (Å²) in [6.45, 7) is 4.90. The number of hydrogen-bond acceptors (Lipinski definition) is 2. The van der Waals surface area contributed by atoms with Crippen molar-refractivity contribution < 1.29 is 13.9 Å². The normalized spacial score (nSPS) is 10.8. The Morgan fingerprint density at radius 1 is 1.13 bits per heavy atom. The average Bonchev–Trinajstić information content (AvgIpc) is 2.55. The standard InChI is InChI=1S/C19H22FNO2/c1-14(2)23-13-15-7-9-17(10-8-15)19(22)21-12-11-16-5-3-4-6-18(16)20/h3-10,14H,11-13H2,1-2H3,(H,21,22). The van der Waals surface area contributed by atoms with Gasteiger partial charge in [0.25, 0.3) is 5.91 Å². The molecule has 2 aromatic carbocycles. The van der Waals surface area contributed by atoms with Crippen LogP contribution in [0.25, 0.3) is 0 Å². The Hall–Kier alpha value is -2.20. The molecular weight excluding hydrogens is 293 g/mol. The highest BCUT2D eigenvalue weighted by molar-refractivity contribution is 5.94. The highest BCUT2D eigenvalue weighted by Gasteiger charge is 2.06. The third-order valence-corrected chi connectivity index (χ3v) is 3.44. The largest absolute Gasteiger partial charge is 0.374 e. The van der Waals surface area contributed by atoms with Gasteiger partial charge in [0.2, 0.25) is 0 Å². The van der Waals surface area contributed by atoms with Crippen molar-refractivity contribution >= 4 is 5.91 Å². The first kappa shape index (κ1) is 17.2. The van der Waals surface area contributed by atoms with Gasteiger partial charge in [0.1, 0.15) is 5.82 Å². The van der Waals surface area contributed by atoms with Crippen molar-refractivity contribution in [2.45, 2.75) is 33.0 Å². The molecular formula is C19H22FNO2. The Labute approximate surface area is 136 Å². The summed E-state index contributed by atoms with van der Waals surface area (Å²) >= 11 is 0. The Morgan fingerprint density at radius 3 is 2.48 bits per heavy atom. The number of carbonyl (C=O) groups excluding carboxylic acids is 1. The number of nitrogens with one attached hydrogen (secondary N) is 1. The van der Waals surface area contributed by atoms with Gasteiger partial charge in [-0.3, -0.25) is 4.79 Å². The van der Waals surface area contributed by atoms with E-state index in [9.17, 15) is 9.18 Å². The molecule has 0 bridgehead atoms. The van der Waals surface area contributed by atoms with Crippen LogP contribution in [0.1, 0.15) is 35.3 Å². The molecule has 0 aromatic heterocycles. The van der Waals surface area contributed by atoms with Gasteiger partial charge in [0.05, 0.1) is 12.7 Å². The molecule has 0 spiro atoms. The van der Waals surface area contributed by atoms with Crippen molar-refractivity contribution in [2.75, 3.05) is 6.54 Å². The van der Waals surface area contributed by atoms with Crippen LogP contribution in [0.2, 0.25) is 0 Å². The van der Waals surface area contributed by atoms with Crippen LogP contribution in [-0.2, 0) is 17.8 Å². The van der Waals surface area contributed by atoms with Crippen LogP contribution in [0, 0.1) is 5.82 Å². The van der Waals surface area contributed by atoms with Crippen LogP contribution in [0.3, 0.4) is 0 Å². The average molecular weight is 315 g/mol. The molecule has 0 aliphatic rings. The monoisotopic (exact) mass is 315 g/mol. The summed E-state index contributed by atoms with van der Waals surface area (Å²) in [4.78, 5) is 12.1. The lowest BCUT2D eigenvalue weighted by atomic mass is 10.1. The zero-order valence-electron chi connectivity index (χ0n) is 13.5. The number of ether oxygens (including phenoxy) is 1. The van der Waals surface area contributed by atoms with Gasteiger partial charge in [-0.15, -0.1) is 0 Å². The molecule has 0 saturated carbocycles. The van der Waals surface area contributed by atoms with Gasteiger partial charge in [0.15, 0.2) is 0 Å². The molecule has 1 amide bonds. The Balaban J connectivity index is 1.82. The van der Waals surface area contributed by atoms with E-state index in [1.165, 1.54) is 6.07 Å². The van der Waals surface area contributed by atoms with Crippen molar-refractivity contribution in [3.05, 3.63) is 71.0 Å². The minimum absolute atomic E-state index is 0.155. The molecule has 4 heteroatoms. The summed E-state index contributed by atoms with van der Waals surface area (Å²) in [6, 6.07) is 13.9. The number of halogens is 1. The lowest BCUT2D eigenvalue weighted by Gasteiger charge is -2.09. The lowest BCUT2D eigenvalue weighted by molar-refractivity contribution is 0.0657. The van der Waals surface area contributed by atoms with Crippen LogP contribution in [0.5, 0.6) is 0 Å². The second-order valence-corrected chi connectivity index (χ2v) is 5.65. The van der Waals surface area contributed by atoms with Gasteiger partial charge in [0, 0.05) is 12.1 Å². The quantitative estimate of drug-likeness (QED) is 0.845. The lowest BCUT2D eigenvalue weighted by Crippen LogP contribution is -2.25. The van der Waals surface area contributed by atoms with E-state index in [-0.39, 0.29) is 17.8 Å². The van der Waals surface area contributed by atoms with E-state index in [4.69, 9.17) is 4.74 Å². The minimum Gasteiger partial charge on any atom is -0.374 e. The van der Waals surface area contributed by atoms with Crippen molar-refractivity contribution in [3.8, 4) is 0 Å². The van der Waals surface area contributed by atoms with Crippen LogP contribution in [0.15, 0.2) is 48.5 Å². The molecule has 0 saturated heterocycles. The Kier molecular flexibility index (Phi) is 6.29. The van der Waals surface area contributed by atoms with E-state index >= 15 is 0 Å². The van der Waals surface area contributed by atoms with Crippen LogP contribution in [0.4, 0.5) is 4.39 Å². The first-order chi connectivity index (χ1) is 11.1. The van der Waals surface area contributed by atoms with E-state index < -0.39 is 0 Å². The SMILES string of the molecule is CC(C)OCc1ccc(C(=O)NCCc2ccccc2F)cc1. The zero-order valence-corrected chi connectivity index (χ0v) is 13.5. The molecule has 0 aliphatic carbocycles. The minimum atomic E-state index is -0.240. The molecule has 0 fully saturated rings. The number of carbonyl (C=O) groups is 1. The van der Waals surface area contributed by atoms with Crippen molar-refractivity contribution in [2.24, 2.45) is 0 Å². The van der Waals surface area contributed by atoms with Gasteiger partial charge < -0.3 is 10.1 Å². The van der Waals surface area contributed by atoms with Crippen molar-refractivity contribution in [1.82, 2.24) is 5.32 Å². The molecule has 0 atom stereocenters. The third kappa shape index (κ3) is 5.49. The van der Waals surface area contributed by atoms with Gasteiger partial charge >= 0.3 is 0 Å². The maximum absolute atomic E-state index is 13.5. The summed E-state index contributed by atoms with van der Waals surface area (Å²) in [5.74, 6) is -0.395. The molecule has 0 aliphatic heterocycles. The molecule has 23 heavy (non-hydrogen) atoms. The Bertz CT molecular complexity index is 638. The molecule has 0 heterocycles. The zero-order chi connectivity index (χ0) is 16.7. The van der Waals surface area contributed by atoms with Gasteiger partial charge in [-0.1, -0.05) is 30.3 Å². The number of hydrogen-bond donors (Lipinski definition) is 1. The molecule has 1 N–H and O–H groups in total. The number of amides is 1. The smallest absolute Gasteiger partial charge is 0.251 e. The summed E-state index contributed by atoms with van der Waals surface area (Å²) in [5.41, 5.74) is 2.22. The Morgan fingerprint density at radius 2 is 1.83 bits per heavy atom. The number of rotatable bonds is 7. The van der Waals surface area contributed by atoms with Gasteiger partial charge in [-0.2, -0.15) is 0 Å². The highest BCUT2D eigenvalue weighted by atomic mass is 19.1. The van der Waals surface area contributed by atoms with Crippen LogP contribution < -0.4 is 5.32 Å². The fraction of sp³-hybridized carbons (Fsp3) is 0.316. The molecule has 0 unspecified atom stereocenters. The second-order valence-electron chi connectivity index (χ2n) is 5.65. The van der Waals surface area contributed by atoms with E-state index in [0.717, 1.165) is 5.56 Å². The summed E-state index contributed by atoms with van der Waals surface area (Å²) < 4.78 is 19.0. The topological polar surface area (TPSA) is 38.3 Å². The van der Waals surface area contributed by atoms with E-state index in [0.29, 0.717) is 30.7 Å². The predicted molar refractivity (Wildman–Crippen MR) is 88.8 cm³/mol. The van der Waals surface area contributed by atoms with E-state index in [2.05, 4.69) is 5.32 Å². The summed E-state index contributed by atoms with van der Waals surface area (Å²) in [6.07, 6.45) is 0.648. The van der Waals surface area contributed by atoms with E-state index in [1.54, 1.807) is 30.3 Å². The summed E-state index contributed by atoms with van der Waals surface area (Å²) in [5, 5.41) is 2.81. The van der Waals surface area contributed by atoms with E-state index in [1.807, 2.05) is 26.0 Å².